The van der Waals surface area contributed by atoms with E-state index >= 15 is 4.39 Å². The second-order valence-electron chi connectivity index (χ2n) is 10.5. The molecular weight excluding hydrogens is 522 g/mol. The first-order valence-corrected chi connectivity index (χ1v) is 14.1. The summed E-state index contributed by atoms with van der Waals surface area (Å²) in [6.07, 6.45) is 5.91. The Morgan fingerprint density at radius 3 is 2.60 bits per heavy atom. The van der Waals surface area contributed by atoms with Crippen LogP contribution < -0.4 is 0 Å². The summed E-state index contributed by atoms with van der Waals surface area (Å²) in [5.41, 5.74) is 1.91. The number of halogens is 2. The molecule has 2 saturated heterocycles. The van der Waals surface area contributed by atoms with E-state index in [9.17, 15) is 9.18 Å². The number of esters is 1. The molecular formula is C29H34F2N4O5. The van der Waals surface area contributed by atoms with Crippen LogP contribution in [0.1, 0.15) is 62.8 Å². The van der Waals surface area contributed by atoms with E-state index < -0.39 is 30.1 Å². The zero-order valence-electron chi connectivity index (χ0n) is 22.7. The van der Waals surface area contributed by atoms with Crippen LogP contribution in [0.4, 0.5) is 8.78 Å². The van der Waals surface area contributed by atoms with E-state index in [-0.39, 0.29) is 29.9 Å². The van der Waals surface area contributed by atoms with E-state index in [0.29, 0.717) is 56.5 Å². The number of benzene rings is 1. The van der Waals surface area contributed by atoms with Crippen molar-refractivity contribution in [2.45, 2.75) is 64.1 Å². The molecule has 0 radical (unpaired) electrons. The van der Waals surface area contributed by atoms with Gasteiger partial charge in [-0.1, -0.05) is 0 Å². The number of hydrogen-bond acceptors (Lipinski definition) is 8. The van der Waals surface area contributed by atoms with Crippen molar-refractivity contribution >= 4 is 17.4 Å². The smallest absolute Gasteiger partial charge is 0.357 e. The van der Waals surface area contributed by atoms with Gasteiger partial charge >= 0.3 is 5.97 Å². The van der Waals surface area contributed by atoms with E-state index in [4.69, 9.17) is 23.9 Å². The molecule has 0 bridgehead atoms. The second kappa shape index (κ2) is 11.4. The molecule has 3 aliphatic heterocycles. The van der Waals surface area contributed by atoms with Gasteiger partial charge in [0.15, 0.2) is 12.0 Å². The molecule has 1 aromatic carbocycles. The highest BCUT2D eigenvalue weighted by atomic mass is 19.1. The van der Waals surface area contributed by atoms with Crippen LogP contribution in [0, 0.1) is 17.6 Å². The molecule has 1 aromatic heterocycles. The maximum absolute atomic E-state index is 15.4. The zero-order chi connectivity index (χ0) is 27.8. The lowest BCUT2D eigenvalue weighted by molar-refractivity contribution is -0.135. The summed E-state index contributed by atoms with van der Waals surface area (Å²) in [4.78, 5) is 20.3. The highest BCUT2D eigenvalue weighted by molar-refractivity contribution is 6.45. The second-order valence-corrected chi connectivity index (χ2v) is 10.5. The third-order valence-corrected chi connectivity index (χ3v) is 7.89. The van der Waals surface area contributed by atoms with Gasteiger partial charge < -0.3 is 23.8 Å². The zero-order valence-corrected chi connectivity index (χ0v) is 22.7. The molecule has 1 saturated carbocycles. The van der Waals surface area contributed by atoms with Crippen LogP contribution in [-0.2, 0) is 23.7 Å². The number of aliphatic imine (C=N–C) groups is 1. The third kappa shape index (κ3) is 5.17. The van der Waals surface area contributed by atoms with Gasteiger partial charge in [0.2, 0.25) is 0 Å². The van der Waals surface area contributed by atoms with Crippen molar-refractivity contribution in [2.24, 2.45) is 10.9 Å². The lowest BCUT2D eigenvalue weighted by Crippen LogP contribution is -2.47. The van der Waals surface area contributed by atoms with Gasteiger partial charge in [0.25, 0.3) is 0 Å². The van der Waals surface area contributed by atoms with Crippen molar-refractivity contribution in [3.05, 3.63) is 58.9 Å². The summed E-state index contributed by atoms with van der Waals surface area (Å²) < 4.78 is 54.6. The van der Waals surface area contributed by atoms with Crippen LogP contribution >= 0.6 is 0 Å². The molecule has 3 atom stereocenters. The Kier molecular flexibility index (Phi) is 7.69. The standard InChI is InChI=1S/C29H34F2N4O5/c1-3-34-26(21-8-5-19(30)14-22(21)31)24(29-39-11-12-40-29)25(28(36)37-4-2)33-27(34)17-9-10-38-23(13-17)18-15-32-35(16-18)20-6-7-20/h5,8,14-17,20,23,27,29H,3-4,6-7,9-13H2,1-2H3/t17?,23-,27?/m1/s1. The van der Waals surface area contributed by atoms with Gasteiger partial charge in [0.05, 0.1) is 49.4 Å². The number of aromatic nitrogens is 2. The summed E-state index contributed by atoms with van der Waals surface area (Å²) >= 11 is 0. The number of hydrogen-bond donors (Lipinski definition) is 0. The van der Waals surface area contributed by atoms with Crippen LogP contribution in [-0.4, -0.2) is 71.8 Å². The first-order chi connectivity index (χ1) is 19.5. The normalized spacial score (nSPS) is 25.9. The average Bonchev–Trinajstić information content (AvgIpc) is 3.43. The molecule has 9 nitrogen and oxygen atoms in total. The molecule has 6 rings (SSSR count). The Morgan fingerprint density at radius 2 is 1.90 bits per heavy atom. The maximum atomic E-state index is 15.4. The van der Waals surface area contributed by atoms with Crippen molar-refractivity contribution in [3.63, 3.8) is 0 Å². The van der Waals surface area contributed by atoms with Crippen LogP contribution in [0.2, 0.25) is 0 Å². The van der Waals surface area contributed by atoms with Gasteiger partial charge in [-0.25, -0.2) is 13.6 Å². The van der Waals surface area contributed by atoms with E-state index in [1.807, 2.05) is 22.7 Å². The van der Waals surface area contributed by atoms with E-state index in [2.05, 4.69) is 11.3 Å². The highest BCUT2D eigenvalue weighted by Gasteiger charge is 2.44. The fourth-order valence-corrected chi connectivity index (χ4v) is 5.85. The van der Waals surface area contributed by atoms with Gasteiger partial charge in [-0.15, -0.1) is 0 Å². The predicted octanol–water partition coefficient (Wildman–Crippen LogP) is 4.41. The van der Waals surface area contributed by atoms with Crippen molar-refractivity contribution < 1.29 is 32.5 Å². The number of nitrogens with zero attached hydrogens (tertiary/aromatic N) is 4. The van der Waals surface area contributed by atoms with Crippen LogP contribution in [0.15, 0.2) is 41.2 Å². The Bertz CT molecular complexity index is 1320. The lowest BCUT2D eigenvalue weighted by atomic mass is 9.87. The topological polar surface area (TPSA) is 87.4 Å². The quantitative estimate of drug-likeness (QED) is 0.445. The summed E-state index contributed by atoms with van der Waals surface area (Å²) in [7, 11) is 0. The summed E-state index contributed by atoms with van der Waals surface area (Å²) in [6, 6.07) is 3.91. The number of ether oxygens (including phenoxy) is 4. The maximum Gasteiger partial charge on any atom is 0.357 e. The Labute approximate surface area is 231 Å². The molecule has 214 valence electrons. The first kappa shape index (κ1) is 27.0. The SMILES string of the molecule is CCOC(=O)C1=NC(C2CCO[C@@H](c3cnn(C4CC4)c3)C2)N(CC)C(c2ccc(F)cc2F)=C1C1OCCO1. The van der Waals surface area contributed by atoms with Gasteiger partial charge in [0.1, 0.15) is 17.8 Å². The predicted molar refractivity (Wildman–Crippen MR) is 141 cm³/mol. The summed E-state index contributed by atoms with van der Waals surface area (Å²) in [6.45, 7) is 5.40. The number of rotatable bonds is 8. The molecule has 4 heterocycles. The third-order valence-electron chi connectivity index (χ3n) is 7.89. The molecule has 0 N–H and O–H groups in total. The largest absolute Gasteiger partial charge is 0.461 e. The summed E-state index contributed by atoms with van der Waals surface area (Å²) in [5.74, 6) is -2.10. The minimum Gasteiger partial charge on any atom is -0.461 e. The monoisotopic (exact) mass is 556 g/mol. The number of carbonyl (C=O) groups is 1. The fraction of sp³-hybridized carbons (Fsp3) is 0.552. The Balaban J connectivity index is 1.42. The molecule has 1 aliphatic carbocycles. The van der Waals surface area contributed by atoms with Crippen molar-refractivity contribution in [1.29, 1.82) is 0 Å². The molecule has 3 fully saturated rings. The minimum atomic E-state index is -0.937. The van der Waals surface area contributed by atoms with Crippen LogP contribution in [0.5, 0.6) is 0 Å². The molecule has 4 aliphatic rings. The Morgan fingerprint density at radius 1 is 1.10 bits per heavy atom. The average molecular weight is 557 g/mol. The van der Waals surface area contributed by atoms with Gasteiger partial charge in [-0.2, -0.15) is 5.10 Å². The van der Waals surface area contributed by atoms with Crippen molar-refractivity contribution in [3.8, 4) is 0 Å². The van der Waals surface area contributed by atoms with Gasteiger partial charge in [0, 0.05) is 42.5 Å². The molecule has 0 amide bonds. The van der Waals surface area contributed by atoms with Gasteiger partial charge in [-0.05, 0) is 51.7 Å². The molecule has 0 spiro atoms. The highest BCUT2D eigenvalue weighted by Crippen LogP contribution is 2.43. The fourth-order valence-electron chi connectivity index (χ4n) is 5.85. The number of carbonyl (C=O) groups excluding carboxylic acids is 1. The first-order valence-electron chi connectivity index (χ1n) is 14.1. The van der Waals surface area contributed by atoms with E-state index in [1.165, 1.54) is 12.1 Å². The summed E-state index contributed by atoms with van der Waals surface area (Å²) in [5, 5.41) is 4.53. The van der Waals surface area contributed by atoms with Crippen molar-refractivity contribution in [1.82, 2.24) is 14.7 Å². The van der Waals surface area contributed by atoms with Crippen LogP contribution in [0.25, 0.3) is 5.70 Å². The van der Waals surface area contributed by atoms with E-state index in [0.717, 1.165) is 24.5 Å². The minimum absolute atomic E-state index is 0.0297. The van der Waals surface area contributed by atoms with E-state index in [1.54, 1.807) is 6.92 Å². The Hall–Kier alpha value is -3.15. The van der Waals surface area contributed by atoms with Crippen LogP contribution in [0.3, 0.4) is 0 Å². The molecule has 2 aromatic rings. The van der Waals surface area contributed by atoms with Crippen molar-refractivity contribution in [2.75, 3.05) is 33.0 Å². The molecule has 2 unspecified atom stereocenters. The van der Waals surface area contributed by atoms with Gasteiger partial charge in [-0.3, -0.25) is 9.67 Å². The molecule has 11 heteroatoms. The molecule has 40 heavy (non-hydrogen) atoms. The lowest BCUT2D eigenvalue weighted by Gasteiger charge is -2.44.